The minimum absolute atomic E-state index is 0. The second-order valence-electron chi connectivity index (χ2n) is 1.65. The van der Waals surface area contributed by atoms with Crippen LogP contribution in [0.3, 0.4) is 0 Å². The Bertz CT molecular complexity index is 53.5. The van der Waals surface area contributed by atoms with Gasteiger partial charge in [0.15, 0.2) is 0 Å². The van der Waals surface area contributed by atoms with Crippen LogP contribution >= 0.6 is 46.4 Å². The third-order valence-electron chi connectivity index (χ3n) is 0.338. The molecule has 0 aliphatic heterocycles. The van der Waals surface area contributed by atoms with Gasteiger partial charge >= 0.3 is 0 Å². The molecule has 0 atom stereocenters. The topological polar surface area (TPSA) is 80.9 Å². The van der Waals surface area contributed by atoms with Gasteiger partial charge in [0.2, 0.25) is 0 Å². The van der Waals surface area contributed by atoms with Crippen LogP contribution < -0.4 is 0 Å². The summed E-state index contributed by atoms with van der Waals surface area (Å²) in [6.45, 7) is 0.340. The number of aliphatic hydroxyl groups excluding tert-OH is 4. The van der Waals surface area contributed by atoms with Gasteiger partial charge in [-0.05, 0) is 0 Å². The van der Waals surface area contributed by atoms with Crippen molar-refractivity contribution in [2.24, 2.45) is 0 Å². The Labute approximate surface area is 142 Å². The van der Waals surface area contributed by atoms with Crippen LogP contribution in [0.4, 0.5) is 0 Å². The van der Waals surface area contributed by atoms with Gasteiger partial charge in [0.05, 0.1) is 26.4 Å². The van der Waals surface area contributed by atoms with Crippen molar-refractivity contribution < 1.29 is 46.3 Å². The van der Waals surface area contributed by atoms with E-state index in [1.54, 1.807) is 0 Å². The van der Waals surface area contributed by atoms with Crippen LogP contribution in [0, 0.1) is 0 Å². The summed E-state index contributed by atoms with van der Waals surface area (Å²) in [6.07, 6.45) is 0. The second kappa shape index (κ2) is 52.2. The van der Waals surface area contributed by atoms with Crippen molar-refractivity contribution in [3.8, 4) is 0 Å². The normalized spacial score (nSPS) is 7.06. The number of hydrogen-bond acceptors (Lipinski definition) is 4. The zero-order valence-corrected chi connectivity index (χ0v) is 16.1. The zero-order chi connectivity index (χ0) is 13.7. The first-order chi connectivity index (χ1) is 7.66. The van der Waals surface area contributed by atoms with Gasteiger partial charge in [-0.25, -0.2) is 0 Å². The first-order valence-corrected chi connectivity index (χ1v) is 6.47. The van der Waals surface area contributed by atoms with Crippen molar-refractivity contribution in [1.29, 1.82) is 0 Å². The van der Waals surface area contributed by atoms with E-state index < -0.39 is 0 Å². The molecule has 0 aliphatic carbocycles. The van der Waals surface area contributed by atoms with Crippen molar-refractivity contribution >= 4 is 46.4 Å². The van der Waals surface area contributed by atoms with Crippen LogP contribution in [0.25, 0.3) is 0 Å². The molecule has 4 N–H and O–H groups in total. The summed E-state index contributed by atoms with van der Waals surface area (Å²) in [5, 5.41) is 31.0. The third kappa shape index (κ3) is 131. The number of hydrogen-bond donors (Lipinski definition) is 4. The van der Waals surface area contributed by atoms with Crippen LogP contribution in [-0.2, 0) is 25.8 Å². The van der Waals surface area contributed by atoms with Crippen molar-refractivity contribution in [3.63, 3.8) is 0 Å². The Morgan fingerprint density at radius 3 is 0.529 bits per heavy atom. The van der Waals surface area contributed by atoms with Crippen molar-refractivity contribution in [3.05, 3.63) is 0 Å². The monoisotopic (exact) mass is 500 g/mol. The molecule has 108 valence electrons. The maximum Gasteiger partial charge on any atom is 0.0566 e. The van der Waals surface area contributed by atoms with E-state index in [4.69, 9.17) is 66.8 Å². The molecule has 0 rings (SSSR count). The van der Waals surface area contributed by atoms with Crippen LogP contribution in [0.2, 0.25) is 0 Å². The molecule has 0 aromatic rings. The number of alkyl halides is 4. The second-order valence-corrected chi connectivity index (χ2v) is 3.16. The average molecular weight is 501 g/mol. The Balaban J connectivity index is -0.0000000369. The van der Waals surface area contributed by atoms with Crippen molar-refractivity contribution in [1.82, 2.24) is 0 Å². The first-order valence-electron chi connectivity index (χ1n) is 4.33. The molecular formula is C8H20Cl4HfO4. The SMILES string of the molecule is OCCCl.OCCCl.OCCCl.OCCCl.[Hf]. The molecule has 0 fully saturated rings. The molecule has 0 heterocycles. The zero-order valence-electron chi connectivity index (χ0n) is 9.46. The fraction of sp³-hybridized carbons (Fsp3) is 1.00. The predicted octanol–water partition coefficient (Wildman–Crippen LogP) is 0.867. The van der Waals surface area contributed by atoms with E-state index in [-0.39, 0.29) is 52.3 Å². The van der Waals surface area contributed by atoms with Crippen molar-refractivity contribution in [2.45, 2.75) is 0 Å². The summed E-state index contributed by atoms with van der Waals surface area (Å²) in [5.74, 6) is 1.39. The third-order valence-corrected chi connectivity index (χ3v) is 1.01. The summed E-state index contributed by atoms with van der Waals surface area (Å²) in [5.41, 5.74) is 0. The Hall–Kier alpha value is 1.87. The van der Waals surface area contributed by atoms with Crippen LogP contribution in [0.15, 0.2) is 0 Å². The quantitative estimate of drug-likeness (QED) is 0.341. The Morgan fingerprint density at radius 1 is 0.471 bits per heavy atom. The molecule has 0 amide bonds. The molecule has 0 spiro atoms. The van der Waals surface area contributed by atoms with Crippen LogP contribution in [0.5, 0.6) is 0 Å². The largest absolute Gasteiger partial charge is 0.395 e. The maximum absolute atomic E-state index is 7.74. The van der Waals surface area contributed by atoms with Crippen LogP contribution in [0.1, 0.15) is 0 Å². The predicted molar refractivity (Wildman–Crippen MR) is 71.2 cm³/mol. The van der Waals surface area contributed by atoms with E-state index in [2.05, 4.69) is 0 Å². The summed E-state index contributed by atoms with van der Waals surface area (Å²) >= 11 is 19.7. The minimum Gasteiger partial charge on any atom is -0.395 e. The van der Waals surface area contributed by atoms with E-state index in [9.17, 15) is 0 Å². The Kier molecular flexibility index (Phi) is 96.2. The molecule has 0 unspecified atom stereocenters. The van der Waals surface area contributed by atoms with Gasteiger partial charge in [0.1, 0.15) is 0 Å². The van der Waals surface area contributed by atoms with Crippen molar-refractivity contribution in [2.75, 3.05) is 49.9 Å². The molecule has 0 saturated carbocycles. The minimum atomic E-state index is 0. The fourth-order valence-corrected chi connectivity index (χ4v) is 0. The molecule has 4 nitrogen and oxygen atoms in total. The van der Waals surface area contributed by atoms with Gasteiger partial charge in [-0.1, -0.05) is 0 Å². The van der Waals surface area contributed by atoms with E-state index in [1.165, 1.54) is 0 Å². The molecule has 0 aromatic heterocycles. The molecule has 0 bridgehead atoms. The van der Waals surface area contributed by atoms with E-state index in [0.29, 0.717) is 23.5 Å². The summed E-state index contributed by atoms with van der Waals surface area (Å²) < 4.78 is 0. The number of halogens is 4. The smallest absolute Gasteiger partial charge is 0.0566 e. The van der Waals surface area contributed by atoms with Gasteiger partial charge in [-0.15, -0.1) is 46.4 Å². The van der Waals surface area contributed by atoms with Gasteiger partial charge in [-0.2, -0.15) is 0 Å². The molecule has 0 radical (unpaired) electrons. The summed E-state index contributed by atoms with van der Waals surface area (Å²) in [4.78, 5) is 0. The van der Waals surface area contributed by atoms with Gasteiger partial charge in [0.25, 0.3) is 0 Å². The van der Waals surface area contributed by atoms with Gasteiger partial charge in [-0.3, -0.25) is 0 Å². The first kappa shape index (κ1) is 31.3. The maximum atomic E-state index is 7.74. The van der Waals surface area contributed by atoms with Crippen LogP contribution in [-0.4, -0.2) is 70.4 Å². The number of aliphatic hydroxyl groups is 4. The number of rotatable bonds is 4. The average Bonchev–Trinajstić information content (AvgIpc) is 2.39. The summed E-state index contributed by atoms with van der Waals surface area (Å²) in [6, 6.07) is 0. The van der Waals surface area contributed by atoms with E-state index in [0.717, 1.165) is 0 Å². The standard InChI is InChI=1S/4C2H5ClO.Hf/c4*3-1-2-4;/h4*4H,1-2H2;. The summed E-state index contributed by atoms with van der Waals surface area (Å²) in [7, 11) is 0. The fourth-order valence-electron chi connectivity index (χ4n) is 0. The Morgan fingerprint density at radius 2 is 0.529 bits per heavy atom. The molecular weight excluding hydrogens is 480 g/mol. The molecule has 17 heavy (non-hydrogen) atoms. The molecule has 0 aliphatic rings. The van der Waals surface area contributed by atoms with E-state index in [1.807, 2.05) is 0 Å². The van der Waals surface area contributed by atoms with Gasteiger partial charge in [0, 0.05) is 49.4 Å². The molecule has 0 saturated heterocycles. The molecule has 9 heteroatoms. The molecule has 0 aromatic carbocycles. The van der Waals surface area contributed by atoms with E-state index >= 15 is 0 Å². The van der Waals surface area contributed by atoms with Gasteiger partial charge < -0.3 is 20.4 Å².